The van der Waals surface area contributed by atoms with Crippen molar-refractivity contribution in [1.82, 2.24) is 4.90 Å². The molecule has 28 heavy (non-hydrogen) atoms. The summed E-state index contributed by atoms with van der Waals surface area (Å²) in [5.41, 5.74) is 2.10. The number of amides is 1. The zero-order valence-electron chi connectivity index (χ0n) is 15.6. The highest BCUT2D eigenvalue weighted by molar-refractivity contribution is 7.92. The quantitative estimate of drug-likeness (QED) is 0.853. The molecule has 1 aliphatic rings. The van der Waals surface area contributed by atoms with Crippen molar-refractivity contribution in [2.75, 3.05) is 42.1 Å². The van der Waals surface area contributed by atoms with Crippen LogP contribution in [0.25, 0.3) is 0 Å². The first kappa shape index (κ1) is 19.7. The Morgan fingerprint density at radius 2 is 1.75 bits per heavy atom. The lowest BCUT2D eigenvalue weighted by Gasteiger charge is -2.25. The first-order valence-electron chi connectivity index (χ1n) is 8.99. The van der Waals surface area contributed by atoms with Crippen molar-refractivity contribution >= 4 is 27.3 Å². The fourth-order valence-corrected chi connectivity index (χ4v) is 3.91. The van der Waals surface area contributed by atoms with Crippen molar-refractivity contribution < 1.29 is 13.2 Å². The van der Waals surface area contributed by atoms with Gasteiger partial charge in [0.2, 0.25) is 10.0 Å². The number of carbonyl (C=O) groups excluding carboxylic acids is 1. The average molecular weight is 398 g/mol. The molecule has 1 N–H and O–H groups in total. The van der Waals surface area contributed by atoms with Crippen LogP contribution < -0.4 is 9.62 Å². The second kappa shape index (κ2) is 8.31. The van der Waals surface area contributed by atoms with Gasteiger partial charge in [0.05, 0.1) is 28.8 Å². The van der Waals surface area contributed by atoms with Crippen LogP contribution >= 0.6 is 0 Å². The van der Waals surface area contributed by atoms with Crippen LogP contribution in [0.2, 0.25) is 0 Å². The Morgan fingerprint density at radius 3 is 2.50 bits per heavy atom. The summed E-state index contributed by atoms with van der Waals surface area (Å²) >= 11 is 0. The third-order valence-corrected chi connectivity index (χ3v) is 5.19. The summed E-state index contributed by atoms with van der Waals surface area (Å²) in [5, 5.41) is 9.33. The number of hydrogen-bond donors (Lipinski definition) is 1. The van der Waals surface area contributed by atoms with Crippen LogP contribution in [0.3, 0.4) is 0 Å². The van der Waals surface area contributed by atoms with Crippen molar-refractivity contribution in [2.24, 2.45) is 0 Å². The molecule has 1 aliphatic heterocycles. The smallest absolute Gasteiger partial charge is 0.256 e. The summed E-state index contributed by atoms with van der Waals surface area (Å²) in [6, 6.07) is 16.3. The minimum absolute atomic E-state index is 0.206. The van der Waals surface area contributed by atoms with E-state index < -0.39 is 10.0 Å². The van der Waals surface area contributed by atoms with E-state index in [1.807, 2.05) is 18.2 Å². The maximum atomic E-state index is 13.0. The lowest BCUT2D eigenvalue weighted by Crippen LogP contribution is -2.35. The highest BCUT2D eigenvalue weighted by Crippen LogP contribution is 2.23. The lowest BCUT2D eigenvalue weighted by atomic mass is 10.1. The van der Waals surface area contributed by atoms with Crippen LogP contribution in [0.5, 0.6) is 0 Å². The van der Waals surface area contributed by atoms with Crippen LogP contribution in [-0.4, -0.2) is 51.7 Å². The van der Waals surface area contributed by atoms with Gasteiger partial charge in [-0.15, -0.1) is 0 Å². The number of anilines is 2. The fraction of sp³-hybridized carbons (Fsp3) is 0.300. The number of hydrogen-bond acceptors (Lipinski definition) is 5. The number of sulfonamides is 1. The van der Waals surface area contributed by atoms with Gasteiger partial charge in [-0.05, 0) is 30.7 Å². The van der Waals surface area contributed by atoms with Crippen LogP contribution in [0.1, 0.15) is 22.3 Å². The zero-order chi connectivity index (χ0) is 20.1. The summed E-state index contributed by atoms with van der Waals surface area (Å²) < 4.78 is 25.6. The first-order valence-corrected chi connectivity index (χ1v) is 10.9. The van der Waals surface area contributed by atoms with Gasteiger partial charge in [-0.3, -0.25) is 9.52 Å². The topological polar surface area (TPSA) is 93.5 Å². The van der Waals surface area contributed by atoms with Gasteiger partial charge in [-0.1, -0.05) is 24.3 Å². The van der Waals surface area contributed by atoms with Gasteiger partial charge in [0, 0.05) is 26.2 Å². The number of benzene rings is 2. The van der Waals surface area contributed by atoms with E-state index in [2.05, 4.69) is 15.7 Å². The SMILES string of the molecule is CS(=O)(=O)Nc1ccccc1C(=O)N1CCCN(c2ccccc2C#N)CC1. The minimum Gasteiger partial charge on any atom is -0.369 e. The molecule has 0 unspecified atom stereocenters. The van der Waals surface area contributed by atoms with E-state index in [9.17, 15) is 18.5 Å². The summed E-state index contributed by atoms with van der Waals surface area (Å²) in [4.78, 5) is 16.9. The highest BCUT2D eigenvalue weighted by Gasteiger charge is 2.23. The molecule has 0 spiro atoms. The molecule has 1 heterocycles. The van der Waals surface area contributed by atoms with E-state index in [0.29, 0.717) is 30.8 Å². The average Bonchev–Trinajstić information content (AvgIpc) is 2.93. The van der Waals surface area contributed by atoms with Gasteiger partial charge in [-0.25, -0.2) is 8.42 Å². The predicted octanol–water partition coefficient (Wildman–Crippen LogP) is 2.28. The Bertz CT molecular complexity index is 1010. The Labute approximate surface area is 165 Å². The van der Waals surface area contributed by atoms with Crippen molar-refractivity contribution in [2.45, 2.75) is 6.42 Å². The van der Waals surface area contributed by atoms with E-state index in [4.69, 9.17) is 0 Å². The number of nitriles is 1. The molecular weight excluding hydrogens is 376 g/mol. The molecule has 146 valence electrons. The molecule has 2 aromatic rings. The molecule has 7 nitrogen and oxygen atoms in total. The molecule has 0 bridgehead atoms. The van der Waals surface area contributed by atoms with Gasteiger partial charge < -0.3 is 9.80 Å². The number of nitrogens with zero attached hydrogens (tertiary/aromatic N) is 3. The number of carbonyl (C=O) groups is 1. The third kappa shape index (κ3) is 4.61. The predicted molar refractivity (Wildman–Crippen MR) is 109 cm³/mol. The summed E-state index contributed by atoms with van der Waals surface area (Å²) in [6.07, 6.45) is 1.82. The Morgan fingerprint density at radius 1 is 1.04 bits per heavy atom. The second-order valence-electron chi connectivity index (χ2n) is 6.68. The molecule has 2 aromatic carbocycles. The van der Waals surface area contributed by atoms with Gasteiger partial charge in [0.1, 0.15) is 6.07 Å². The normalized spacial score (nSPS) is 14.9. The van der Waals surface area contributed by atoms with E-state index in [1.54, 1.807) is 35.2 Å². The highest BCUT2D eigenvalue weighted by atomic mass is 32.2. The molecule has 1 amide bonds. The number of nitrogens with one attached hydrogen (secondary N) is 1. The maximum absolute atomic E-state index is 13.0. The lowest BCUT2D eigenvalue weighted by molar-refractivity contribution is 0.0768. The maximum Gasteiger partial charge on any atom is 0.256 e. The van der Waals surface area contributed by atoms with Gasteiger partial charge >= 0.3 is 0 Å². The van der Waals surface area contributed by atoms with Crippen LogP contribution in [0, 0.1) is 11.3 Å². The zero-order valence-corrected chi connectivity index (χ0v) is 16.4. The monoisotopic (exact) mass is 398 g/mol. The summed E-state index contributed by atoms with van der Waals surface area (Å²) in [7, 11) is -3.48. The largest absolute Gasteiger partial charge is 0.369 e. The third-order valence-electron chi connectivity index (χ3n) is 4.60. The molecule has 0 aromatic heterocycles. The van der Waals surface area contributed by atoms with Crippen LogP contribution in [0.15, 0.2) is 48.5 Å². The Kier molecular flexibility index (Phi) is 5.85. The summed E-state index contributed by atoms with van der Waals surface area (Å²) in [6.45, 7) is 2.40. The molecule has 0 saturated carbocycles. The molecule has 0 aliphatic carbocycles. The molecular formula is C20H22N4O3S. The fourth-order valence-electron chi connectivity index (χ4n) is 3.33. The molecule has 1 saturated heterocycles. The first-order chi connectivity index (χ1) is 13.4. The minimum atomic E-state index is -3.48. The van der Waals surface area contributed by atoms with E-state index >= 15 is 0 Å². The molecule has 3 rings (SSSR count). The second-order valence-corrected chi connectivity index (χ2v) is 8.43. The van der Waals surface area contributed by atoms with E-state index in [0.717, 1.165) is 24.9 Å². The van der Waals surface area contributed by atoms with Crippen LogP contribution in [-0.2, 0) is 10.0 Å². The van der Waals surface area contributed by atoms with E-state index in [-0.39, 0.29) is 11.6 Å². The van der Waals surface area contributed by atoms with Gasteiger partial charge in [0.15, 0.2) is 0 Å². The van der Waals surface area contributed by atoms with Crippen molar-refractivity contribution in [1.29, 1.82) is 5.26 Å². The molecule has 1 fully saturated rings. The van der Waals surface area contributed by atoms with Crippen molar-refractivity contribution in [3.63, 3.8) is 0 Å². The molecule has 8 heteroatoms. The standard InChI is InChI=1S/C20H22N4O3S/c1-28(26,27)22-18-9-4-3-8-17(18)20(25)24-12-6-11-23(13-14-24)19-10-5-2-7-16(19)15-21/h2-5,7-10,22H,6,11-14H2,1H3. The van der Waals surface area contributed by atoms with Gasteiger partial charge in [-0.2, -0.15) is 5.26 Å². The van der Waals surface area contributed by atoms with Crippen LogP contribution in [0.4, 0.5) is 11.4 Å². The van der Waals surface area contributed by atoms with E-state index in [1.165, 1.54) is 0 Å². The number of rotatable bonds is 4. The Balaban J connectivity index is 1.78. The number of para-hydroxylation sites is 2. The Hall–Kier alpha value is -3.05. The molecule has 0 atom stereocenters. The van der Waals surface area contributed by atoms with Crippen molar-refractivity contribution in [3.05, 3.63) is 59.7 Å². The van der Waals surface area contributed by atoms with Crippen molar-refractivity contribution in [3.8, 4) is 6.07 Å². The van der Waals surface area contributed by atoms with Gasteiger partial charge in [0.25, 0.3) is 5.91 Å². The molecule has 0 radical (unpaired) electrons. The summed E-state index contributed by atoms with van der Waals surface area (Å²) in [5.74, 6) is -0.206.